The molecule has 2 N–H and O–H groups in total. The van der Waals surface area contributed by atoms with Crippen molar-refractivity contribution in [2.75, 3.05) is 10.6 Å². The van der Waals surface area contributed by atoms with Crippen molar-refractivity contribution >= 4 is 23.1 Å². The van der Waals surface area contributed by atoms with Crippen LogP contribution in [0.25, 0.3) is 0 Å². The summed E-state index contributed by atoms with van der Waals surface area (Å²) < 4.78 is 13.2. The number of halogens is 1. The Hall–Kier alpha value is -3.21. The summed E-state index contributed by atoms with van der Waals surface area (Å²) >= 11 is 0. The number of amides is 1. The van der Waals surface area contributed by atoms with Crippen LogP contribution >= 0.6 is 0 Å². The quantitative estimate of drug-likeness (QED) is 0.742. The van der Waals surface area contributed by atoms with Crippen molar-refractivity contribution in [2.45, 2.75) is 6.92 Å². The van der Waals surface area contributed by atoms with Crippen LogP contribution in [0.5, 0.6) is 0 Å². The second kappa shape index (κ2) is 6.91. The summed E-state index contributed by atoms with van der Waals surface area (Å²) in [7, 11) is 0. The number of anilines is 3. The Kier molecular flexibility index (Phi) is 4.52. The Balaban J connectivity index is 1.67. The SMILES string of the molecule is Cc1cccc(C(=O)Nc2ccc(Nc3cccc(F)c3)cn2)c1. The van der Waals surface area contributed by atoms with Gasteiger partial charge in [-0.2, -0.15) is 0 Å². The van der Waals surface area contributed by atoms with Crippen LogP contribution in [0.4, 0.5) is 21.6 Å². The lowest BCUT2D eigenvalue weighted by molar-refractivity contribution is 0.102. The minimum Gasteiger partial charge on any atom is -0.354 e. The van der Waals surface area contributed by atoms with Crippen LogP contribution in [0.2, 0.25) is 0 Å². The smallest absolute Gasteiger partial charge is 0.256 e. The molecular formula is C19H16FN3O. The van der Waals surface area contributed by atoms with Crippen molar-refractivity contribution < 1.29 is 9.18 Å². The molecule has 0 spiro atoms. The van der Waals surface area contributed by atoms with Gasteiger partial charge in [0.25, 0.3) is 5.91 Å². The van der Waals surface area contributed by atoms with Gasteiger partial charge in [0.05, 0.1) is 11.9 Å². The molecule has 0 aliphatic carbocycles. The molecule has 0 unspecified atom stereocenters. The fourth-order valence-corrected chi connectivity index (χ4v) is 2.25. The summed E-state index contributed by atoms with van der Waals surface area (Å²) in [5.41, 5.74) is 2.94. The fourth-order valence-electron chi connectivity index (χ4n) is 2.25. The maximum Gasteiger partial charge on any atom is 0.256 e. The van der Waals surface area contributed by atoms with E-state index < -0.39 is 0 Å². The van der Waals surface area contributed by atoms with Crippen molar-refractivity contribution in [3.05, 3.63) is 83.8 Å². The molecule has 24 heavy (non-hydrogen) atoms. The highest BCUT2D eigenvalue weighted by atomic mass is 19.1. The maximum absolute atomic E-state index is 13.2. The molecule has 4 nitrogen and oxygen atoms in total. The van der Waals surface area contributed by atoms with Gasteiger partial charge in [-0.1, -0.05) is 23.8 Å². The molecule has 2 aromatic carbocycles. The molecule has 0 fully saturated rings. The van der Waals surface area contributed by atoms with Gasteiger partial charge in [-0.3, -0.25) is 4.79 Å². The number of aromatic nitrogens is 1. The average Bonchev–Trinajstić information content (AvgIpc) is 2.57. The summed E-state index contributed by atoms with van der Waals surface area (Å²) in [6.45, 7) is 1.93. The zero-order valence-electron chi connectivity index (χ0n) is 13.1. The van der Waals surface area contributed by atoms with Gasteiger partial charge in [-0.05, 0) is 49.4 Å². The highest BCUT2D eigenvalue weighted by Gasteiger charge is 2.07. The lowest BCUT2D eigenvalue weighted by atomic mass is 10.1. The van der Waals surface area contributed by atoms with E-state index in [1.54, 1.807) is 36.5 Å². The molecular weight excluding hydrogens is 305 g/mol. The number of nitrogens with zero attached hydrogens (tertiary/aromatic N) is 1. The predicted octanol–water partition coefficient (Wildman–Crippen LogP) is 4.53. The number of pyridine rings is 1. The Bertz CT molecular complexity index is 862. The molecule has 0 bridgehead atoms. The maximum atomic E-state index is 13.2. The van der Waals surface area contributed by atoms with Crippen molar-refractivity contribution in [3.63, 3.8) is 0 Å². The zero-order valence-corrected chi connectivity index (χ0v) is 13.1. The lowest BCUT2D eigenvalue weighted by Crippen LogP contribution is -2.13. The summed E-state index contributed by atoms with van der Waals surface area (Å²) in [6, 6.07) is 17.0. The molecule has 0 aliphatic heterocycles. The first-order valence-corrected chi connectivity index (χ1v) is 7.47. The van der Waals surface area contributed by atoms with Crippen molar-refractivity contribution in [1.29, 1.82) is 0 Å². The Morgan fingerprint density at radius 2 is 1.83 bits per heavy atom. The zero-order chi connectivity index (χ0) is 16.9. The third-order valence-electron chi connectivity index (χ3n) is 3.40. The van der Waals surface area contributed by atoms with E-state index in [1.165, 1.54) is 12.1 Å². The van der Waals surface area contributed by atoms with Gasteiger partial charge in [0, 0.05) is 11.3 Å². The summed E-state index contributed by atoms with van der Waals surface area (Å²) in [5.74, 6) is -0.0710. The topological polar surface area (TPSA) is 54.0 Å². The molecule has 0 aliphatic rings. The molecule has 1 aromatic heterocycles. The van der Waals surface area contributed by atoms with Crippen molar-refractivity contribution in [1.82, 2.24) is 4.98 Å². The van der Waals surface area contributed by atoms with E-state index in [9.17, 15) is 9.18 Å². The van der Waals surface area contributed by atoms with E-state index in [-0.39, 0.29) is 11.7 Å². The first-order chi connectivity index (χ1) is 11.6. The highest BCUT2D eigenvalue weighted by Crippen LogP contribution is 2.18. The lowest BCUT2D eigenvalue weighted by Gasteiger charge is -2.08. The van der Waals surface area contributed by atoms with Crippen LogP contribution in [0, 0.1) is 12.7 Å². The summed E-state index contributed by atoms with van der Waals surface area (Å²) in [6.07, 6.45) is 1.58. The Labute approximate surface area is 139 Å². The van der Waals surface area contributed by atoms with Gasteiger partial charge < -0.3 is 10.6 Å². The van der Waals surface area contributed by atoms with Gasteiger partial charge in [0.2, 0.25) is 0 Å². The number of hydrogen-bond donors (Lipinski definition) is 2. The van der Waals surface area contributed by atoms with E-state index in [0.717, 1.165) is 5.56 Å². The molecule has 5 heteroatoms. The first kappa shape index (κ1) is 15.7. The molecule has 0 saturated heterocycles. The van der Waals surface area contributed by atoms with Crippen LogP contribution in [0.15, 0.2) is 66.9 Å². The second-order valence-electron chi connectivity index (χ2n) is 5.39. The number of aryl methyl sites for hydroxylation is 1. The second-order valence-corrected chi connectivity index (χ2v) is 5.39. The van der Waals surface area contributed by atoms with E-state index in [0.29, 0.717) is 22.8 Å². The molecule has 120 valence electrons. The summed E-state index contributed by atoms with van der Waals surface area (Å²) in [4.78, 5) is 16.4. The van der Waals surface area contributed by atoms with Crippen molar-refractivity contribution in [2.24, 2.45) is 0 Å². The van der Waals surface area contributed by atoms with Gasteiger partial charge in [0.1, 0.15) is 11.6 Å². The normalized spacial score (nSPS) is 10.2. The molecule has 1 heterocycles. The van der Waals surface area contributed by atoms with Crippen LogP contribution in [-0.2, 0) is 0 Å². The third kappa shape index (κ3) is 3.95. The molecule has 1 amide bonds. The number of rotatable bonds is 4. The monoisotopic (exact) mass is 321 g/mol. The minimum absolute atomic E-state index is 0.211. The molecule has 0 radical (unpaired) electrons. The van der Waals surface area contributed by atoms with E-state index >= 15 is 0 Å². The van der Waals surface area contributed by atoms with Crippen LogP contribution in [-0.4, -0.2) is 10.9 Å². The van der Waals surface area contributed by atoms with Gasteiger partial charge in [-0.25, -0.2) is 9.37 Å². The third-order valence-corrected chi connectivity index (χ3v) is 3.40. The van der Waals surface area contributed by atoms with Crippen LogP contribution in [0.3, 0.4) is 0 Å². The average molecular weight is 321 g/mol. The number of nitrogens with one attached hydrogen (secondary N) is 2. The first-order valence-electron chi connectivity index (χ1n) is 7.47. The minimum atomic E-state index is -0.310. The summed E-state index contributed by atoms with van der Waals surface area (Å²) in [5, 5.41) is 5.80. The highest BCUT2D eigenvalue weighted by molar-refractivity contribution is 6.03. The standard InChI is InChI=1S/C19H16FN3O/c1-13-4-2-5-14(10-13)19(24)23-18-9-8-17(12-21-18)22-16-7-3-6-15(20)11-16/h2-12,22H,1H3,(H,21,23,24). The van der Waals surface area contributed by atoms with E-state index in [4.69, 9.17) is 0 Å². The Morgan fingerprint density at radius 3 is 2.54 bits per heavy atom. The molecule has 0 saturated carbocycles. The number of hydrogen-bond acceptors (Lipinski definition) is 3. The van der Waals surface area contributed by atoms with Gasteiger partial charge >= 0.3 is 0 Å². The fraction of sp³-hybridized carbons (Fsp3) is 0.0526. The van der Waals surface area contributed by atoms with Gasteiger partial charge in [-0.15, -0.1) is 0 Å². The molecule has 3 rings (SSSR count). The van der Waals surface area contributed by atoms with E-state index in [1.807, 2.05) is 25.1 Å². The predicted molar refractivity (Wildman–Crippen MR) is 93.1 cm³/mol. The largest absolute Gasteiger partial charge is 0.354 e. The van der Waals surface area contributed by atoms with E-state index in [2.05, 4.69) is 15.6 Å². The van der Waals surface area contributed by atoms with Gasteiger partial charge in [0.15, 0.2) is 0 Å². The van der Waals surface area contributed by atoms with Crippen LogP contribution in [0.1, 0.15) is 15.9 Å². The molecule has 0 atom stereocenters. The van der Waals surface area contributed by atoms with Crippen LogP contribution < -0.4 is 10.6 Å². The number of carbonyl (C=O) groups is 1. The number of carbonyl (C=O) groups excluding carboxylic acids is 1. The van der Waals surface area contributed by atoms with Crippen molar-refractivity contribution in [3.8, 4) is 0 Å². The Morgan fingerprint density at radius 1 is 1.00 bits per heavy atom. The number of benzene rings is 2. The molecule has 3 aromatic rings.